The van der Waals surface area contributed by atoms with Crippen LogP contribution < -0.4 is 5.32 Å². The molecule has 1 aromatic carbocycles. The van der Waals surface area contributed by atoms with Crippen molar-refractivity contribution in [2.45, 2.75) is 6.10 Å². The number of hydrogen-bond acceptors (Lipinski definition) is 5. The molecule has 3 aromatic rings. The second-order valence-electron chi connectivity index (χ2n) is 5.05. The zero-order valence-corrected chi connectivity index (χ0v) is 13.9. The number of nitrogens with zero attached hydrogens (tertiary/aromatic N) is 2. The highest BCUT2D eigenvalue weighted by atomic mass is 35.5. The minimum absolute atomic E-state index is 0.216. The van der Waals surface area contributed by atoms with Gasteiger partial charge in [0.1, 0.15) is 5.01 Å². The van der Waals surface area contributed by atoms with Crippen LogP contribution in [0.5, 0.6) is 0 Å². The Morgan fingerprint density at radius 2 is 2.09 bits per heavy atom. The predicted octanol–water partition coefficient (Wildman–Crippen LogP) is 3.88. The zero-order valence-electron chi connectivity index (χ0n) is 12.3. The van der Waals surface area contributed by atoms with E-state index in [-0.39, 0.29) is 5.88 Å². The van der Waals surface area contributed by atoms with Crippen LogP contribution in [0.25, 0.3) is 21.8 Å². The third-order valence-corrected chi connectivity index (χ3v) is 4.54. The molecule has 0 radical (unpaired) electrons. The van der Waals surface area contributed by atoms with E-state index in [9.17, 15) is 5.11 Å². The molecule has 0 spiro atoms. The lowest BCUT2D eigenvalue weighted by atomic mass is 10.2. The van der Waals surface area contributed by atoms with Crippen molar-refractivity contribution < 1.29 is 5.11 Å². The lowest BCUT2D eigenvalue weighted by molar-refractivity contribution is 0.211. The lowest BCUT2D eigenvalue weighted by Gasteiger charge is -2.10. The van der Waals surface area contributed by atoms with Crippen molar-refractivity contribution >= 4 is 28.6 Å². The monoisotopic (exact) mass is 345 g/mol. The molecule has 0 bridgehead atoms. The van der Waals surface area contributed by atoms with Gasteiger partial charge in [0.05, 0.1) is 17.7 Å². The van der Waals surface area contributed by atoms with E-state index in [0.29, 0.717) is 6.54 Å². The molecule has 4 nitrogen and oxygen atoms in total. The number of nitrogens with one attached hydrogen (secondary N) is 1. The summed E-state index contributed by atoms with van der Waals surface area (Å²) in [5.41, 5.74) is 3.91. The van der Waals surface area contributed by atoms with E-state index in [2.05, 4.69) is 15.3 Å². The van der Waals surface area contributed by atoms with Gasteiger partial charge in [-0.1, -0.05) is 12.1 Å². The smallest absolute Gasteiger partial charge is 0.124 e. The Balaban J connectivity index is 1.78. The minimum atomic E-state index is -0.558. The van der Waals surface area contributed by atoms with Crippen LogP contribution in [-0.2, 0) is 0 Å². The normalized spacial score (nSPS) is 12.1. The Labute approximate surface area is 143 Å². The van der Waals surface area contributed by atoms with Crippen molar-refractivity contribution in [3.8, 4) is 21.8 Å². The molecule has 0 saturated carbocycles. The van der Waals surface area contributed by atoms with Gasteiger partial charge >= 0.3 is 0 Å². The first-order chi connectivity index (χ1) is 11.3. The molecule has 2 heterocycles. The fraction of sp³-hybridized carbons (Fsp3) is 0.176. The number of hydrogen-bond donors (Lipinski definition) is 2. The van der Waals surface area contributed by atoms with Gasteiger partial charge in [-0.25, -0.2) is 4.98 Å². The Kier molecular flexibility index (Phi) is 5.23. The second-order valence-corrected chi connectivity index (χ2v) is 6.22. The summed E-state index contributed by atoms with van der Waals surface area (Å²) in [7, 11) is 0. The van der Waals surface area contributed by atoms with Crippen LogP contribution in [0, 0.1) is 0 Å². The Bertz CT molecular complexity index is 763. The zero-order chi connectivity index (χ0) is 16.1. The first kappa shape index (κ1) is 15.9. The van der Waals surface area contributed by atoms with Crippen molar-refractivity contribution in [3.05, 3.63) is 54.2 Å². The predicted molar refractivity (Wildman–Crippen MR) is 96.0 cm³/mol. The number of benzene rings is 1. The maximum atomic E-state index is 9.52. The number of anilines is 1. The summed E-state index contributed by atoms with van der Waals surface area (Å²) < 4.78 is 0. The van der Waals surface area contributed by atoms with Crippen LogP contribution in [0.1, 0.15) is 0 Å². The Morgan fingerprint density at radius 1 is 1.22 bits per heavy atom. The molecule has 3 rings (SSSR count). The molecule has 0 aliphatic carbocycles. The van der Waals surface area contributed by atoms with Crippen LogP contribution in [0.3, 0.4) is 0 Å². The van der Waals surface area contributed by atoms with Crippen molar-refractivity contribution in [2.75, 3.05) is 17.7 Å². The third-order valence-electron chi connectivity index (χ3n) is 3.29. The first-order valence-corrected chi connectivity index (χ1v) is 8.62. The average Bonchev–Trinajstić information content (AvgIpc) is 3.11. The van der Waals surface area contributed by atoms with Crippen LogP contribution >= 0.6 is 22.9 Å². The molecule has 1 atom stereocenters. The molecule has 23 heavy (non-hydrogen) atoms. The molecule has 2 N–H and O–H groups in total. The average molecular weight is 346 g/mol. The lowest BCUT2D eigenvalue weighted by Crippen LogP contribution is -2.20. The molecule has 6 heteroatoms. The van der Waals surface area contributed by atoms with Gasteiger partial charge in [-0.2, -0.15) is 0 Å². The van der Waals surface area contributed by atoms with Gasteiger partial charge in [0.25, 0.3) is 0 Å². The standard InChI is InChI=1S/C17H16ClN3OS/c18-8-15(22)10-20-14-5-1-3-12(7-14)17-21-16(11-23-17)13-4-2-6-19-9-13/h1-7,9,11,15,20,22H,8,10H2. The van der Waals surface area contributed by atoms with Crippen molar-refractivity contribution in [1.82, 2.24) is 9.97 Å². The molecule has 0 fully saturated rings. The second kappa shape index (κ2) is 7.55. The fourth-order valence-corrected chi connectivity index (χ4v) is 3.04. The third kappa shape index (κ3) is 4.07. The van der Waals surface area contributed by atoms with Gasteiger partial charge in [-0.3, -0.25) is 4.98 Å². The summed E-state index contributed by atoms with van der Waals surface area (Å²) in [5.74, 6) is 0.216. The first-order valence-electron chi connectivity index (χ1n) is 7.20. The molecule has 118 valence electrons. The van der Waals surface area contributed by atoms with Gasteiger partial charge in [0.15, 0.2) is 0 Å². The van der Waals surface area contributed by atoms with Gasteiger partial charge in [-0.05, 0) is 24.3 Å². The topological polar surface area (TPSA) is 58.0 Å². The molecule has 0 saturated heterocycles. The van der Waals surface area contributed by atoms with Gasteiger partial charge in [-0.15, -0.1) is 22.9 Å². The van der Waals surface area contributed by atoms with Crippen LogP contribution in [0.15, 0.2) is 54.2 Å². The van der Waals surface area contributed by atoms with Gasteiger partial charge < -0.3 is 10.4 Å². The summed E-state index contributed by atoms with van der Waals surface area (Å²) in [6.07, 6.45) is 3.00. The summed E-state index contributed by atoms with van der Waals surface area (Å²) in [6.45, 7) is 0.422. The van der Waals surface area contributed by atoms with E-state index in [4.69, 9.17) is 11.6 Å². The minimum Gasteiger partial charge on any atom is -0.390 e. The molecular formula is C17H16ClN3OS. The van der Waals surface area contributed by atoms with Crippen LogP contribution in [0.4, 0.5) is 5.69 Å². The number of thiazole rings is 1. The molecule has 0 amide bonds. The molecule has 0 aliphatic rings. The molecule has 2 aromatic heterocycles. The molecule has 1 unspecified atom stereocenters. The fourth-order valence-electron chi connectivity index (χ4n) is 2.11. The summed E-state index contributed by atoms with van der Waals surface area (Å²) >= 11 is 7.20. The van der Waals surface area contributed by atoms with E-state index in [0.717, 1.165) is 27.5 Å². The molecule has 0 aliphatic heterocycles. The highest BCUT2D eigenvalue weighted by Crippen LogP contribution is 2.29. The number of aliphatic hydroxyl groups excluding tert-OH is 1. The van der Waals surface area contributed by atoms with Crippen LogP contribution in [-0.4, -0.2) is 33.6 Å². The van der Waals surface area contributed by atoms with Gasteiger partial charge in [0.2, 0.25) is 0 Å². The van der Waals surface area contributed by atoms with Crippen molar-refractivity contribution in [2.24, 2.45) is 0 Å². The maximum Gasteiger partial charge on any atom is 0.124 e. The Morgan fingerprint density at radius 3 is 2.87 bits per heavy atom. The highest BCUT2D eigenvalue weighted by Gasteiger charge is 2.08. The quantitative estimate of drug-likeness (QED) is 0.665. The van der Waals surface area contributed by atoms with Crippen LogP contribution in [0.2, 0.25) is 0 Å². The highest BCUT2D eigenvalue weighted by molar-refractivity contribution is 7.13. The largest absolute Gasteiger partial charge is 0.390 e. The SMILES string of the molecule is OC(CCl)CNc1cccc(-c2nc(-c3cccnc3)cs2)c1. The van der Waals surface area contributed by atoms with Crippen molar-refractivity contribution in [1.29, 1.82) is 0 Å². The van der Waals surface area contributed by atoms with Crippen molar-refractivity contribution in [3.63, 3.8) is 0 Å². The van der Waals surface area contributed by atoms with E-state index < -0.39 is 6.10 Å². The number of aliphatic hydroxyl groups is 1. The maximum absolute atomic E-state index is 9.52. The number of pyridine rings is 1. The number of alkyl halides is 1. The van der Waals surface area contributed by atoms with Gasteiger partial charge in [0, 0.05) is 41.1 Å². The van der Waals surface area contributed by atoms with E-state index >= 15 is 0 Å². The summed E-state index contributed by atoms with van der Waals surface area (Å²) in [5, 5.41) is 15.7. The van der Waals surface area contributed by atoms with E-state index in [1.54, 1.807) is 17.5 Å². The number of halogens is 1. The Hall–Kier alpha value is -1.95. The number of rotatable bonds is 6. The summed E-state index contributed by atoms with van der Waals surface area (Å²) in [4.78, 5) is 8.81. The van der Waals surface area contributed by atoms with E-state index in [1.165, 1.54) is 0 Å². The molecular weight excluding hydrogens is 330 g/mol. The summed E-state index contributed by atoms with van der Waals surface area (Å²) in [6, 6.07) is 11.9. The number of aromatic nitrogens is 2. The van der Waals surface area contributed by atoms with E-state index in [1.807, 2.05) is 48.0 Å².